The fourth-order valence-corrected chi connectivity index (χ4v) is 7.63. The molecule has 0 aliphatic heterocycles. The smallest absolute Gasteiger partial charge is 0.155 e. The second-order valence-corrected chi connectivity index (χ2v) is 10.4. The first kappa shape index (κ1) is 17.7. The second kappa shape index (κ2) is 5.93. The molecular weight excluding hydrogens is 356 g/mol. The Morgan fingerprint density at radius 1 is 1.03 bits per heavy atom. The van der Waals surface area contributed by atoms with E-state index in [4.69, 9.17) is 0 Å². The number of para-hydroxylation sites is 2. The molecule has 5 atom stereocenters. The SMILES string of the molecule is C[C@]12CCC(=O)C=C1CCC1C2CC[C@]2(C)C(n3cnc4ccccc43)=CCC12. The summed E-state index contributed by atoms with van der Waals surface area (Å²) in [5.41, 5.74) is 5.73. The fraction of sp³-hybridized carbons (Fsp3) is 0.538. The summed E-state index contributed by atoms with van der Waals surface area (Å²) in [5, 5.41) is 0. The fourth-order valence-electron chi connectivity index (χ4n) is 7.63. The van der Waals surface area contributed by atoms with Crippen molar-refractivity contribution in [1.29, 1.82) is 0 Å². The third kappa shape index (κ3) is 2.30. The van der Waals surface area contributed by atoms with Crippen LogP contribution in [0.4, 0.5) is 0 Å². The lowest BCUT2D eigenvalue weighted by atomic mass is 9.47. The number of hydrogen-bond donors (Lipinski definition) is 0. The molecule has 0 bridgehead atoms. The van der Waals surface area contributed by atoms with Crippen molar-refractivity contribution in [2.45, 2.75) is 58.8 Å². The number of rotatable bonds is 1. The van der Waals surface area contributed by atoms with Gasteiger partial charge in [-0.05, 0) is 79.9 Å². The molecule has 1 aromatic heterocycles. The highest BCUT2D eigenvalue weighted by Gasteiger charge is 2.57. The summed E-state index contributed by atoms with van der Waals surface area (Å²) >= 11 is 0. The molecule has 150 valence electrons. The number of carbonyl (C=O) groups excluding carboxylic acids is 1. The molecule has 3 heteroatoms. The Morgan fingerprint density at radius 3 is 2.79 bits per heavy atom. The monoisotopic (exact) mass is 386 g/mol. The molecule has 1 heterocycles. The van der Waals surface area contributed by atoms with Gasteiger partial charge in [0.25, 0.3) is 0 Å². The van der Waals surface area contributed by atoms with Crippen molar-refractivity contribution in [2.24, 2.45) is 28.6 Å². The first-order valence-electron chi connectivity index (χ1n) is 11.4. The van der Waals surface area contributed by atoms with Crippen LogP contribution in [0.3, 0.4) is 0 Å². The van der Waals surface area contributed by atoms with Gasteiger partial charge in [-0.15, -0.1) is 0 Å². The van der Waals surface area contributed by atoms with Crippen LogP contribution in [-0.4, -0.2) is 15.3 Å². The lowest BCUT2D eigenvalue weighted by Gasteiger charge is -2.57. The molecule has 2 aromatic rings. The van der Waals surface area contributed by atoms with Crippen molar-refractivity contribution in [3.63, 3.8) is 0 Å². The highest BCUT2D eigenvalue weighted by molar-refractivity contribution is 5.91. The number of ketones is 1. The van der Waals surface area contributed by atoms with Crippen LogP contribution in [0.15, 0.2) is 48.3 Å². The van der Waals surface area contributed by atoms with Gasteiger partial charge in [-0.25, -0.2) is 4.98 Å². The van der Waals surface area contributed by atoms with Crippen molar-refractivity contribution in [1.82, 2.24) is 9.55 Å². The van der Waals surface area contributed by atoms with Gasteiger partial charge in [0.05, 0.1) is 11.0 Å². The van der Waals surface area contributed by atoms with Crippen molar-refractivity contribution in [3.05, 3.63) is 48.3 Å². The second-order valence-electron chi connectivity index (χ2n) is 10.4. The molecule has 2 saturated carbocycles. The number of nitrogens with zero attached hydrogens (tertiary/aromatic N) is 2. The molecule has 3 unspecified atom stereocenters. The lowest BCUT2D eigenvalue weighted by molar-refractivity contribution is -0.117. The minimum absolute atomic E-state index is 0.229. The summed E-state index contributed by atoms with van der Waals surface area (Å²) in [7, 11) is 0. The van der Waals surface area contributed by atoms with Crippen molar-refractivity contribution < 1.29 is 4.79 Å². The van der Waals surface area contributed by atoms with Gasteiger partial charge in [-0.2, -0.15) is 0 Å². The molecule has 4 aliphatic carbocycles. The number of allylic oxidation sites excluding steroid dienone is 4. The number of benzene rings is 1. The van der Waals surface area contributed by atoms with E-state index in [1.165, 1.54) is 42.5 Å². The molecule has 3 nitrogen and oxygen atoms in total. The summed E-state index contributed by atoms with van der Waals surface area (Å²) in [5.74, 6) is 2.58. The van der Waals surface area contributed by atoms with E-state index in [0.29, 0.717) is 11.7 Å². The summed E-state index contributed by atoms with van der Waals surface area (Å²) in [4.78, 5) is 16.7. The maximum atomic E-state index is 12.0. The molecule has 0 amide bonds. The van der Waals surface area contributed by atoms with E-state index < -0.39 is 0 Å². The molecule has 0 radical (unpaired) electrons. The number of hydrogen-bond acceptors (Lipinski definition) is 2. The Balaban J connectivity index is 1.37. The topological polar surface area (TPSA) is 34.9 Å². The van der Waals surface area contributed by atoms with Gasteiger partial charge in [0, 0.05) is 17.5 Å². The van der Waals surface area contributed by atoms with Crippen LogP contribution < -0.4 is 0 Å². The van der Waals surface area contributed by atoms with E-state index in [1.54, 1.807) is 0 Å². The third-order valence-corrected chi connectivity index (χ3v) is 9.21. The molecule has 0 saturated heterocycles. The van der Waals surface area contributed by atoms with E-state index >= 15 is 0 Å². The lowest BCUT2D eigenvalue weighted by Crippen LogP contribution is -2.50. The minimum atomic E-state index is 0.229. The zero-order valence-electron chi connectivity index (χ0n) is 17.5. The van der Waals surface area contributed by atoms with Crippen molar-refractivity contribution >= 4 is 22.5 Å². The maximum absolute atomic E-state index is 12.0. The number of aromatic nitrogens is 2. The van der Waals surface area contributed by atoms with Crippen LogP contribution in [0.5, 0.6) is 0 Å². The van der Waals surface area contributed by atoms with Gasteiger partial charge in [0.2, 0.25) is 0 Å². The number of carbonyl (C=O) groups is 1. The standard InChI is InChI=1S/C26H30N2O/c1-25-13-11-18(29)15-17(25)7-8-19-20-9-10-24(26(20,2)14-12-21(19)25)28-16-27-22-5-3-4-6-23(22)28/h3-6,10,15-16,19-21H,7-9,11-14H2,1-2H3/t19?,20?,21?,25-,26-/m0/s1. The summed E-state index contributed by atoms with van der Waals surface area (Å²) in [6.45, 7) is 4.98. The van der Waals surface area contributed by atoms with Gasteiger partial charge >= 0.3 is 0 Å². The zero-order chi connectivity index (χ0) is 19.8. The molecule has 0 spiro atoms. The van der Waals surface area contributed by atoms with E-state index in [2.05, 4.69) is 53.7 Å². The van der Waals surface area contributed by atoms with Crippen LogP contribution in [-0.2, 0) is 4.79 Å². The Kier molecular flexibility index (Phi) is 3.62. The minimum Gasteiger partial charge on any atom is -0.302 e. The largest absolute Gasteiger partial charge is 0.302 e. The van der Waals surface area contributed by atoms with E-state index in [1.807, 2.05) is 12.4 Å². The molecule has 2 fully saturated rings. The van der Waals surface area contributed by atoms with E-state index in [9.17, 15) is 4.79 Å². The molecular formula is C26H30N2O. The zero-order valence-corrected chi connectivity index (χ0v) is 17.5. The molecule has 0 N–H and O–H groups in total. The van der Waals surface area contributed by atoms with Gasteiger partial charge in [0.1, 0.15) is 6.33 Å². The third-order valence-electron chi connectivity index (χ3n) is 9.21. The van der Waals surface area contributed by atoms with E-state index in [0.717, 1.165) is 36.6 Å². The first-order chi connectivity index (χ1) is 14.0. The van der Waals surface area contributed by atoms with Gasteiger partial charge in [-0.1, -0.05) is 37.6 Å². The van der Waals surface area contributed by atoms with Crippen LogP contribution in [0.2, 0.25) is 0 Å². The average molecular weight is 387 g/mol. The Bertz CT molecular complexity index is 1080. The summed E-state index contributed by atoms with van der Waals surface area (Å²) in [6.07, 6.45) is 14.5. The van der Waals surface area contributed by atoms with Gasteiger partial charge in [-0.3, -0.25) is 4.79 Å². The van der Waals surface area contributed by atoms with Crippen LogP contribution in [0.25, 0.3) is 16.7 Å². The highest BCUT2D eigenvalue weighted by atomic mass is 16.1. The quantitative estimate of drug-likeness (QED) is 0.601. The number of fused-ring (bicyclic) bond motifs is 6. The Morgan fingerprint density at radius 2 is 1.90 bits per heavy atom. The van der Waals surface area contributed by atoms with Gasteiger partial charge < -0.3 is 4.57 Å². The maximum Gasteiger partial charge on any atom is 0.155 e. The molecule has 6 rings (SSSR count). The molecule has 4 aliphatic rings. The highest BCUT2D eigenvalue weighted by Crippen LogP contribution is 2.66. The summed E-state index contributed by atoms with van der Waals surface area (Å²) in [6, 6.07) is 8.50. The average Bonchev–Trinajstić information content (AvgIpc) is 3.29. The molecule has 1 aromatic carbocycles. The van der Waals surface area contributed by atoms with E-state index in [-0.39, 0.29) is 10.8 Å². The van der Waals surface area contributed by atoms with Crippen LogP contribution >= 0.6 is 0 Å². The predicted molar refractivity (Wildman–Crippen MR) is 116 cm³/mol. The number of imidazole rings is 1. The molecule has 29 heavy (non-hydrogen) atoms. The summed E-state index contributed by atoms with van der Waals surface area (Å²) < 4.78 is 2.37. The van der Waals surface area contributed by atoms with Crippen LogP contribution in [0, 0.1) is 28.6 Å². The van der Waals surface area contributed by atoms with Crippen molar-refractivity contribution in [3.8, 4) is 0 Å². The normalized spacial score (nSPS) is 38.8. The van der Waals surface area contributed by atoms with Crippen LogP contribution in [0.1, 0.15) is 58.8 Å². The Hall–Kier alpha value is -2.16. The predicted octanol–water partition coefficient (Wildman–Crippen LogP) is 6.02. The van der Waals surface area contributed by atoms with Gasteiger partial charge in [0.15, 0.2) is 5.78 Å². The first-order valence-corrected chi connectivity index (χ1v) is 11.4. The van der Waals surface area contributed by atoms with Crippen molar-refractivity contribution in [2.75, 3.05) is 0 Å². The Labute approximate surface area is 172 Å².